The van der Waals surface area contributed by atoms with Crippen LogP contribution in [0.4, 0.5) is 0 Å². The van der Waals surface area contributed by atoms with Crippen molar-refractivity contribution in [3.05, 3.63) is 35.4 Å². The lowest BCUT2D eigenvalue weighted by molar-refractivity contribution is -0.130. The molecule has 0 spiro atoms. The van der Waals surface area contributed by atoms with Crippen LogP contribution in [0.1, 0.15) is 49.3 Å². The van der Waals surface area contributed by atoms with Crippen molar-refractivity contribution in [2.24, 2.45) is 5.73 Å². The summed E-state index contributed by atoms with van der Waals surface area (Å²) in [7, 11) is 0. The molecule has 1 unspecified atom stereocenters. The smallest absolute Gasteiger partial charge is 0.241 e. The van der Waals surface area contributed by atoms with Crippen molar-refractivity contribution < 1.29 is 9.59 Å². The summed E-state index contributed by atoms with van der Waals surface area (Å²) in [6, 6.07) is 7.03. The van der Waals surface area contributed by atoms with Crippen molar-refractivity contribution in [1.29, 1.82) is 0 Å². The van der Waals surface area contributed by atoms with Crippen molar-refractivity contribution in [2.45, 2.75) is 45.1 Å². The third kappa shape index (κ3) is 5.36. The Morgan fingerprint density at radius 1 is 1.26 bits per heavy atom. The van der Waals surface area contributed by atoms with Gasteiger partial charge in [0.2, 0.25) is 11.8 Å². The number of aryl methyl sites for hydroxylation is 1. The predicted molar refractivity (Wildman–Crippen MR) is 90.8 cm³/mol. The quantitative estimate of drug-likeness (QED) is 0.787. The molecule has 1 aromatic rings. The highest BCUT2D eigenvalue weighted by atomic mass is 16.2. The number of likely N-dealkylation sites (tertiary alicyclic amines) is 1. The van der Waals surface area contributed by atoms with Crippen molar-refractivity contribution in [2.75, 3.05) is 19.6 Å². The van der Waals surface area contributed by atoms with Gasteiger partial charge in [-0.1, -0.05) is 36.2 Å². The molecule has 1 atom stereocenters. The Hall–Kier alpha value is -1.88. The zero-order valence-electron chi connectivity index (χ0n) is 13.9. The van der Waals surface area contributed by atoms with Crippen LogP contribution >= 0.6 is 0 Å². The van der Waals surface area contributed by atoms with Gasteiger partial charge in [0, 0.05) is 26.1 Å². The highest BCUT2D eigenvalue weighted by molar-refractivity contribution is 5.82. The zero-order chi connectivity index (χ0) is 16.7. The fourth-order valence-corrected chi connectivity index (χ4v) is 2.79. The lowest BCUT2D eigenvalue weighted by Gasteiger charge is -2.20. The Morgan fingerprint density at radius 3 is 2.74 bits per heavy atom. The second-order valence-corrected chi connectivity index (χ2v) is 6.22. The minimum atomic E-state index is -0.643. The van der Waals surface area contributed by atoms with Crippen LogP contribution in [0, 0.1) is 6.92 Å². The van der Waals surface area contributed by atoms with E-state index in [1.165, 1.54) is 0 Å². The highest BCUT2D eigenvalue weighted by Gasteiger charge is 2.17. The van der Waals surface area contributed by atoms with Crippen LogP contribution in [-0.2, 0) is 9.59 Å². The normalized spacial score (nSPS) is 16.8. The molecule has 0 bridgehead atoms. The van der Waals surface area contributed by atoms with E-state index < -0.39 is 6.04 Å². The molecule has 0 saturated carbocycles. The lowest BCUT2D eigenvalue weighted by atomic mass is 10.1. The number of nitrogens with zero attached hydrogens (tertiary/aromatic N) is 1. The van der Waals surface area contributed by atoms with E-state index in [1.807, 2.05) is 36.1 Å². The fraction of sp³-hybridized carbons (Fsp3) is 0.556. The standard InChI is InChI=1S/C18H27N3O2/c1-14-7-9-15(10-8-14)17(19)18(23)20-11-5-13-21-12-4-2-3-6-16(21)22/h7-10,17H,2-6,11-13,19H2,1H3,(H,20,23). The second kappa shape index (κ2) is 8.67. The molecule has 3 N–H and O–H groups in total. The Kier molecular flexibility index (Phi) is 6.59. The number of hydrogen-bond acceptors (Lipinski definition) is 3. The van der Waals surface area contributed by atoms with Crippen LogP contribution < -0.4 is 11.1 Å². The topological polar surface area (TPSA) is 75.4 Å². The molecule has 1 heterocycles. The first-order chi connectivity index (χ1) is 11.1. The van der Waals surface area contributed by atoms with Crippen LogP contribution in [0.25, 0.3) is 0 Å². The minimum absolute atomic E-state index is 0.170. The number of amides is 2. The number of benzene rings is 1. The van der Waals surface area contributed by atoms with Gasteiger partial charge in [0.1, 0.15) is 6.04 Å². The Labute approximate surface area is 138 Å². The van der Waals surface area contributed by atoms with E-state index in [1.54, 1.807) is 0 Å². The molecule has 5 nitrogen and oxygen atoms in total. The Balaban J connectivity index is 1.71. The number of rotatable bonds is 6. The molecule has 0 radical (unpaired) electrons. The van der Waals surface area contributed by atoms with E-state index in [2.05, 4.69) is 5.32 Å². The maximum absolute atomic E-state index is 12.1. The van der Waals surface area contributed by atoms with Crippen LogP contribution in [0.2, 0.25) is 0 Å². The van der Waals surface area contributed by atoms with Gasteiger partial charge in [-0.3, -0.25) is 9.59 Å². The molecule has 0 aliphatic carbocycles. The summed E-state index contributed by atoms with van der Waals surface area (Å²) in [6.07, 6.45) is 4.63. The number of nitrogens with two attached hydrogens (primary N) is 1. The van der Waals surface area contributed by atoms with E-state index >= 15 is 0 Å². The predicted octanol–water partition coefficient (Wildman–Crippen LogP) is 1.90. The van der Waals surface area contributed by atoms with Gasteiger partial charge in [-0.25, -0.2) is 0 Å². The first-order valence-corrected chi connectivity index (χ1v) is 8.45. The molecule has 0 aromatic heterocycles. The Bertz CT molecular complexity index is 528. The summed E-state index contributed by atoms with van der Waals surface area (Å²) < 4.78 is 0. The molecule has 5 heteroatoms. The first kappa shape index (κ1) is 17.5. The minimum Gasteiger partial charge on any atom is -0.354 e. The van der Waals surface area contributed by atoms with Gasteiger partial charge < -0.3 is 16.0 Å². The molecule has 1 saturated heterocycles. The largest absolute Gasteiger partial charge is 0.354 e. The van der Waals surface area contributed by atoms with Gasteiger partial charge in [0.25, 0.3) is 0 Å². The number of nitrogens with one attached hydrogen (secondary N) is 1. The molecule has 2 rings (SSSR count). The van der Waals surface area contributed by atoms with Crippen molar-refractivity contribution in [3.63, 3.8) is 0 Å². The number of carbonyl (C=O) groups is 2. The maximum Gasteiger partial charge on any atom is 0.241 e. The summed E-state index contributed by atoms with van der Waals surface area (Å²) in [5.74, 6) is 0.0706. The molecule has 1 fully saturated rings. The summed E-state index contributed by atoms with van der Waals surface area (Å²) in [6.45, 7) is 4.09. The van der Waals surface area contributed by atoms with Crippen molar-refractivity contribution in [3.8, 4) is 0 Å². The van der Waals surface area contributed by atoms with Gasteiger partial charge in [-0.05, 0) is 31.7 Å². The van der Waals surface area contributed by atoms with E-state index in [0.717, 1.165) is 43.4 Å². The fourth-order valence-electron chi connectivity index (χ4n) is 2.79. The highest BCUT2D eigenvalue weighted by Crippen LogP contribution is 2.12. The van der Waals surface area contributed by atoms with E-state index in [0.29, 0.717) is 19.5 Å². The van der Waals surface area contributed by atoms with Crippen LogP contribution in [-0.4, -0.2) is 36.3 Å². The first-order valence-electron chi connectivity index (χ1n) is 8.45. The summed E-state index contributed by atoms with van der Waals surface area (Å²) in [5.41, 5.74) is 7.94. The van der Waals surface area contributed by atoms with Gasteiger partial charge in [-0.15, -0.1) is 0 Å². The number of carbonyl (C=O) groups excluding carboxylic acids is 2. The SMILES string of the molecule is Cc1ccc(C(N)C(=O)NCCCN2CCCCCC2=O)cc1. The summed E-state index contributed by atoms with van der Waals surface area (Å²) in [5, 5.41) is 2.86. The van der Waals surface area contributed by atoms with E-state index in [9.17, 15) is 9.59 Å². The van der Waals surface area contributed by atoms with Crippen LogP contribution in [0.15, 0.2) is 24.3 Å². The van der Waals surface area contributed by atoms with Crippen LogP contribution in [0.3, 0.4) is 0 Å². The van der Waals surface area contributed by atoms with Crippen LogP contribution in [0.5, 0.6) is 0 Å². The summed E-state index contributed by atoms with van der Waals surface area (Å²) >= 11 is 0. The molecule has 23 heavy (non-hydrogen) atoms. The molecule has 1 aliphatic rings. The van der Waals surface area contributed by atoms with E-state index in [4.69, 9.17) is 5.73 Å². The van der Waals surface area contributed by atoms with Gasteiger partial charge in [-0.2, -0.15) is 0 Å². The summed E-state index contributed by atoms with van der Waals surface area (Å²) in [4.78, 5) is 25.9. The average Bonchev–Trinajstić information content (AvgIpc) is 2.76. The van der Waals surface area contributed by atoms with E-state index in [-0.39, 0.29) is 11.8 Å². The second-order valence-electron chi connectivity index (χ2n) is 6.22. The third-order valence-electron chi connectivity index (χ3n) is 4.29. The molecule has 126 valence electrons. The van der Waals surface area contributed by atoms with Crippen molar-refractivity contribution >= 4 is 11.8 Å². The average molecular weight is 317 g/mol. The van der Waals surface area contributed by atoms with Gasteiger partial charge in [0.05, 0.1) is 0 Å². The van der Waals surface area contributed by atoms with Crippen molar-refractivity contribution in [1.82, 2.24) is 10.2 Å². The lowest BCUT2D eigenvalue weighted by Crippen LogP contribution is -2.37. The van der Waals surface area contributed by atoms with Gasteiger partial charge >= 0.3 is 0 Å². The third-order valence-corrected chi connectivity index (χ3v) is 4.29. The molecule has 2 amide bonds. The molecule has 1 aromatic carbocycles. The van der Waals surface area contributed by atoms with Gasteiger partial charge in [0.15, 0.2) is 0 Å². The molecule has 1 aliphatic heterocycles. The monoisotopic (exact) mass is 317 g/mol. The Morgan fingerprint density at radius 2 is 2.00 bits per heavy atom. The zero-order valence-corrected chi connectivity index (χ0v) is 13.9. The maximum atomic E-state index is 12.1. The number of hydrogen-bond donors (Lipinski definition) is 2. The molecular formula is C18H27N3O2. The molecular weight excluding hydrogens is 290 g/mol.